The van der Waals surface area contributed by atoms with Crippen molar-refractivity contribution in [3.8, 4) is 5.75 Å². The Bertz CT molecular complexity index is 465. The van der Waals surface area contributed by atoms with Gasteiger partial charge in [-0.2, -0.15) is 0 Å². The summed E-state index contributed by atoms with van der Waals surface area (Å²) in [4.78, 5) is 12.2. The van der Waals surface area contributed by atoms with E-state index < -0.39 is 0 Å². The number of carbonyl (C=O) groups excluding carboxylic acids is 1. The summed E-state index contributed by atoms with van der Waals surface area (Å²) in [5.74, 6) is 0.657. The molecule has 0 aromatic heterocycles. The number of hydrogen-bond acceptors (Lipinski definition) is 2. The Morgan fingerprint density at radius 3 is 2.84 bits per heavy atom. The molecule has 1 aromatic rings. The number of rotatable bonds is 3. The number of halogens is 2. The maximum Gasteiger partial charge on any atom is 0.253 e. The predicted octanol–water partition coefficient (Wildman–Crippen LogP) is 3.57. The van der Waals surface area contributed by atoms with Crippen molar-refractivity contribution in [2.24, 2.45) is 5.92 Å². The standard InChI is InChI=1S/C14H17Cl2NO2/c15-8-9-3-1-2-4-13(9)17-14(19)11-7-10(18)5-6-12(11)16/h5-7,9,13,18H,1-4,8H2,(H,17,19). The van der Waals surface area contributed by atoms with E-state index in [4.69, 9.17) is 23.2 Å². The van der Waals surface area contributed by atoms with E-state index >= 15 is 0 Å². The van der Waals surface area contributed by atoms with Gasteiger partial charge in [-0.05, 0) is 37.0 Å². The average molecular weight is 302 g/mol. The molecule has 0 bridgehead atoms. The molecule has 1 amide bonds. The van der Waals surface area contributed by atoms with E-state index in [9.17, 15) is 9.90 Å². The van der Waals surface area contributed by atoms with Crippen LogP contribution in [0, 0.1) is 5.92 Å². The largest absolute Gasteiger partial charge is 0.508 e. The van der Waals surface area contributed by atoms with Crippen molar-refractivity contribution >= 4 is 29.1 Å². The molecule has 19 heavy (non-hydrogen) atoms. The summed E-state index contributed by atoms with van der Waals surface area (Å²) in [5, 5.41) is 12.8. The molecule has 2 unspecified atom stereocenters. The van der Waals surface area contributed by atoms with Crippen molar-refractivity contribution in [3.63, 3.8) is 0 Å². The number of alkyl halides is 1. The Hall–Kier alpha value is -0.930. The van der Waals surface area contributed by atoms with Gasteiger partial charge in [-0.1, -0.05) is 24.4 Å². The van der Waals surface area contributed by atoms with Crippen LogP contribution in [0.5, 0.6) is 5.75 Å². The SMILES string of the molecule is O=C(NC1CCCCC1CCl)c1cc(O)ccc1Cl. The van der Waals surface area contributed by atoms with E-state index in [0.717, 1.165) is 25.7 Å². The number of hydrogen-bond donors (Lipinski definition) is 2. The molecule has 0 saturated heterocycles. The van der Waals surface area contributed by atoms with Crippen molar-refractivity contribution in [1.82, 2.24) is 5.32 Å². The van der Waals surface area contributed by atoms with Crippen LogP contribution in [0.4, 0.5) is 0 Å². The third-order valence-corrected chi connectivity index (χ3v) is 4.34. The summed E-state index contributed by atoms with van der Waals surface area (Å²) in [6.07, 6.45) is 4.25. The van der Waals surface area contributed by atoms with E-state index in [-0.39, 0.29) is 17.7 Å². The lowest BCUT2D eigenvalue weighted by atomic mass is 9.85. The smallest absolute Gasteiger partial charge is 0.253 e. The summed E-state index contributed by atoms with van der Waals surface area (Å²) in [5.41, 5.74) is 0.306. The zero-order valence-electron chi connectivity index (χ0n) is 10.5. The molecule has 1 fully saturated rings. The highest BCUT2D eigenvalue weighted by Crippen LogP contribution is 2.27. The average Bonchev–Trinajstić information content (AvgIpc) is 2.42. The van der Waals surface area contributed by atoms with Crippen molar-refractivity contribution in [1.29, 1.82) is 0 Å². The van der Waals surface area contributed by atoms with E-state index in [1.165, 1.54) is 18.2 Å². The van der Waals surface area contributed by atoms with Gasteiger partial charge in [0.15, 0.2) is 0 Å². The van der Waals surface area contributed by atoms with Crippen LogP contribution in [-0.4, -0.2) is 22.9 Å². The minimum atomic E-state index is -0.247. The monoisotopic (exact) mass is 301 g/mol. The highest BCUT2D eigenvalue weighted by Gasteiger charge is 2.26. The molecule has 1 saturated carbocycles. The molecule has 3 nitrogen and oxygen atoms in total. The van der Waals surface area contributed by atoms with Crippen molar-refractivity contribution in [2.75, 3.05) is 5.88 Å². The molecule has 2 atom stereocenters. The molecule has 0 heterocycles. The molecule has 0 aliphatic heterocycles. The van der Waals surface area contributed by atoms with Crippen LogP contribution < -0.4 is 5.32 Å². The molecule has 2 N–H and O–H groups in total. The third kappa shape index (κ3) is 3.54. The molecule has 0 spiro atoms. The lowest BCUT2D eigenvalue weighted by Gasteiger charge is -2.30. The first-order valence-corrected chi connectivity index (χ1v) is 7.38. The zero-order chi connectivity index (χ0) is 13.8. The molecular formula is C14H17Cl2NO2. The van der Waals surface area contributed by atoms with E-state index in [1.807, 2.05) is 0 Å². The number of carbonyl (C=O) groups is 1. The van der Waals surface area contributed by atoms with Crippen LogP contribution in [0.3, 0.4) is 0 Å². The maximum atomic E-state index is 12.2. The molecule has 1 aliphatic carbocycles. The number of amides is 1. The fourth-order valence-electron chi connectivity index (χ4n) is 2.52. The van der Waals surface area contributed by atoms with Crippen molar-refractivity contribution in [2.45, 2.75) is 31.7 Å². The second kappa shape index (κ2) is 6.49. The first-order valence-electron chi connectivity index (χ1n) is 6.47. The minimum Gasteiger partial charge on any atom is -0.508 e. The van der Waals surface area contributed by atoms with E-state index in [1.54, 1.807) is 0 Å². The van der Waals surface area contributed by atoms with Crippen LogP contribution in [0.25, 0.3) is 0 Å². The molecule has 5 heteroatoms. The Morgan fingerprint density at radius 2 is 2.11 bits per heavy atom. The highest BCUT2D eigenvalue weighted by atomic mass is 35.5. The third-order valence-electron chi connectivity index (χ3n) is 3.62. The predicted molar refractivity (Wildman–Crippen MR) is 77.0 cm³/mol. The summed E-state index contributed by atoms with van der Waals surface area (Å²) in [6.45, 7) is 0. The van der Waals surface area contributed by atoms with Gasteiger partial charge >= 0.3 is 0 Å². The van der Waals surface area contributed by atoms with Crippen LogP contribution in [0.15, 0.2) is 18.2 Å². The molecule has 0 radical (unpaired) electrons. The lowest BCUT2D eigenvalue weighted by molar-refractivity contribution is 0.0911. The topological polar surface area (TPSA) is 49.3 Å². The van der Waals surface area contributed by atoms with Gasteiger partial charge in [0.1, 0.15) is 5.75 Å². The van der Waals surface area contributed by atoms with E-state index in [2.05, 4.69) is 5.32 Å². The second-order valence-electron chi connectivity index (χ2n) is 4.94. The normalized spacial score (nSPS) is 23.1. The molecule has 1 aromatic carbocycles. The van der Waals surface area contributed by atoms with Crippen molar-refractivity contribution in [3.05, 3.63) is 28.8 Å². The van der Waals surface area contributed by atoms with Gasteiger partial charge in [-0.25, -0.2) is 0 Å². The molecular weight excluding hydrogens is 285 g/mol. The lowest BCUT2D eigenvalue weighted by Crippen LogP contribution is -2.42. The van der Waals surface area contributed by atoms with Gasteiger partial charge in [0.2, 0.25) is 0 Å². The number of aromatic hydroxyl groups is 1. The van der Waals surface area contributed by atoms with Gasteiger partial charge in [-0.3, -0.25) is 4.79 Å². The van der Waals surface area contributed by atoms with Gasteiger partial charge in [0, 0.05) is 11.9 Å². The highest BCUT2D eigenvalue weighted by molar-refractivity contribution is 6.33. The Balaban J connectivity index is 2.09. The Labute approximate surface area is 122 Å². The number of benzene rings is 1. The summed E-state index contributed by atoms with van der Waals surface area (Å²) >= 11 is 11.9. The number of phenolic OH excluding ortho intramolecular Hbond substituents is 1. The second-order valence-corrected chi connectivity index (χ2v) is 5.66. The van der Waals surface area contributed by atoms with Gasteiger partial charge in [0.05, 0.1) is 10.6 Å². The summed E-state index contributed by atoms with van der Waals surface area (Å²) < 4.78 is 0. The first kappa shape index (κ1) is 14.5. The van der Waals surface area contributed by atoms with Crippen LogP contribution in [0.2, 0.25) is 5.02 Å². The van der Waals surface area contributed by atoms with Crippen LogP contribution in [-0.2, 0) is 0 Å². The fraction of sp³-hybridized carbons (Fsp3) is 0.500. The summed E-state index contributed by atoms with van der Waals surface area (Å²) in [6, 6.07) is 4.46. The van der Waals surface area contributed by atoms with Gasteiger partial charge in [0.25, 0.3) is 5.91 Å². The van der Waals surface area contributed by atoms with Gasteiger partial charge < -0.3 is 10.4 Å². The summed E-state index contributed by atoms with van der Waals surface area (Å²) in [7, 11) is 0. The van der Waals surface area contributed by atoms with E-state index in [0.29, 0.717) is 22.4 Å². The van der Waals surface area contributed by atoms with Gasteiger partial charge in [-0.15, -0.1) is 11.6 Å². The quantitative estimate of drug-likeness (QED) is 0.839. The zero-order valence-corrected chi connectivity index (χ0v) is 12.0. The minimum absolute atomic E-state index is 0.0343. The van der Waals surface area contributed by atoms with Crippen LogP contribution in [0.1, 0.15) is 36.0 Å². The maximum absolute atomic E-state index is 12.2. The number of phenols is 1. The van der Waals surface area contributed by atoms with Crippen LogP contribution >= 0.6 is 23.2 Å². The number of nitrogens with one attached hydrogen (secondary N) is 1. The first-order chi connectivity index (χ1) is 9.11. The van der Waals surface area contributed by atoms with Crippen molar-refractivity contribution < 1.29 is 9.90 Å². The molecule has 104 valence electrons. The Morgan fingerprint density at radius 1 is 1.37 bits per heavy atom. The molecule has 1 aliphatic rings. The fourth-order valence-corrected chi connectivity index (χ4v) is 3.09. The Kier molecular flexibility index (Phi) is 4.94. The molecule has 2 rings (SSSR count).